The van der Waals surface area contributed by atoms with Crippen LogP contribution in [0.5, 0.6) is 0 Å². The van der Waals surface area contributed by atoms with Crippen molar-refractivity contribution in [2.45, 2.75) is 18.9 Å². The molecule has 1 fully saturated rings. The van der Waals surface area contributed by atoms with Gasteiger partial charge < -0.3 is 15.5 Å². The molecule has 0 spiro atoms. The van der Waals surface area contributed by atoms with Crippen molar-refractivity contribution in [1.82, 2.24) is 14.8 Å². The summed E-state index contributed by atoms with van der Waals surface area (Å²) in [4.78, 5) is 21.0. The molecule has 21 heavy (non-hydrogen) atoms. The molecule has 0 aliphatic carbocycles. The van der Waals surface area contributed by atoms with Gasteiger partial charge in [-0.3, -0.25) is 4.79 Å². The van der Waals surface area contributed by atoms with E-state index in [2.05, 4.69) is 16.9 Å². The highest BCUT2D eigenvalue weighted by Gasteiger charge is 2.25. The molecule has 1 aliphatic rings. The van der Waals surface area contributed by atoms with Crippen LogP contribution in [0.1, 0.15) is 23.2 Å². The van der Waals surface area contributed by atoms with Crippen LogP contribution in [0, 0.1) is 0 Å². The van der Waals surface area contributed by atoms with Gasteiger partial charge in [-0.25, -0.2) is 4.98 Å². The molecule has 1 aromatic heterocycles. The number of thiazole rings is 1. The molecular weight excluding hydrogens is 284 g/mol. The Morgan fingerprint density at radius 2 is 2.33 bits per heavy atom. The van der Waals surface area contributed by atoms with Crippen LogP contribution in [0.25, 0.3) is 10.2 Å². The van der Waals surface area contributed by atoms with E-state index in [1.807, 2.05) is 30.1 Å². The molecule has 1 amide bonds. The highest BCUT2D eigenvalue weighted by molar-refractivity contribution is 7.22. The second-order valence-corrected chi connectivity index (χ2v) is 6.77. The van der Waals surface area contributed by atoms with Crippen LogP contribution in [-0.4, -0.2) is 53.9 Å². The van der Waals surface area contributed by atoms with Gasteiger partial charge in [0.25, 0.3) is 5.91 Å². The second kappa shape index (κ2) is 5.61. The van der Waals surface area contributed by atoms with E-state index in [4.69, 9.17) is 5.73 Å². The maximum Gasteiger partial charge on any atom is 0.253 e. The van der Waals surface area contributed by atoms with E-state index in [0.29, 0.717) is 16.7 Å². The first kappa shape index (κ1) is 14.3. The number of nitrogens with zero attached hydrogens (tertiary/aromatic N) is 3. The van der Waals surface area contributed by atoms with Gasteiger partial charge in [-0.2, -0.15) is 0 Å². The number of hydrogen-bond acceptors (Lipinski definition) is 5. The predicted octanol–water partition coefficient (Wildman–Crippen LogP) is 2.04. The van der Waals surface area contributed by atoms with Crippen LogP contribution < -0.4 is 5.73 Å². The third kappa shape index (κ3) is 2.87. The third-order valence-corrected chi connectivity index (χ3v) is 4.97. The molecule has 3 rings (SSSR count). The molecule has 1 saturated heterocycles. The number of amides is 1. The zero-order chi connectivity index (χ0) is 15.0. The van der Waals surface area contributed by atoms with Gasteiger partial charge in [-0.1, -0.05) is 11.3 Å². The van der Waals surface area contributed by atoms with Gasteiger partial charge in [0.2, 0.25) is 0 Å². The summed E-state index contributed by atoms with van der Waals surface area (Å²) >= 11 is 1.42. The molecule has 112 valence electrons. The summed E-state index contributed by atoms with van der Waals surface area (Å²) in [5.74, 6) is 0.0733. The van der Waals surface area contributed by atoms with Crippen molar-refractivity contribution in [3.05, 3.63) is 23.8 Å². The lowest BCUT2D eigenvalue weighted by Crippen LogP contribution is -2.47. The molecule has 0 bridgehead atoms. The van der Waals surface area contributed by atoms with Gasteiger partial charge in [0.05, 0.1) is 10.2 Å². The number of hydrogen-bond donors (Lipinski definition) is 1. The molecule has 0 radical (unpaired) electrons. The van der Waals surface area contributed by atoms with E-state index in [1.165, 1.54) is 11.3 Å². The number of carbonyl (C=O) groups is 1. The lowest BCUT2D eigenvalue weighted by Gasteiger charge is -2.35. The van der Waals surface area contributed by atoms with E-state index >= 15 is 0 Å². The second-order valence-electron chi connectivity index (χ2n) is 5.71. The first-order valence-electron chi connectivity index (χ1n) is 7.16. The van der Waals surface area contributed by atoms with Gasteiger partial charge in [-0.15, -0.1) is 0 Å². The van der Waals surface area contributed by atoms with Gasteiger partial charge in [0.1, 0.15) is 0 Å². The van der Waals surface area contributed by atoms with Crippen LogP contribution in [0.15, 0.2) is 18.2 Å². The summed E-state index contributed by atoms with van der Waals surface area (Å²) in [6.07, 6.45) is 2.21. The molecule has 5 nitrogen and oxygen atoms in total. The van der Waals surface area contributed by atoms with Crippen LogP contribution in [0.2, 0.25) is 0 Å². The third-order valence-electron chi connectivity index (χ3n) is 4.12. The van der Waals surface area contributed by atoms with Gasteiger partial charge >= 0.3 is 0 Å². The Labute approximate surface area is 128 Å². The molecule has 1 unspecified atom stereocenters. The fraction of sp³-hybridized carbons (Fsp3) is 0.467. The monoisotopic (exact) mass is 304 g/mol. The first-order chi connectivity index (χ1) is 10.0. The number of rotatable bonds is 2. The van der Waals surface area contributed by atoms with Gasteiger partial charge in [0.15, 0.2) is 5.13 Å². The van der Waals surface area contributed by atoms with Gasteiger partial charge in [-0.05, 0) is 44.6 Å². The number of likely N-dealkylation sites (N-methyl/N-ethyl adjacent to an activating group) is 2. The quantitative estimate of drug-likeness (QED) is 0.922. The number of benzene rings is 1. The maximum atomic E-state index is 12.7. The van der Waals surface area contributed by atoms with Crippen LogP contribution in [0.4, 0.5) is 5.13 Å². The van der Waals surface area contributed by atoms with E-state index in [9.17, 15) is 4.79 Å². The van der Waals surface area contributed by atoms with Crippen molar-refractivity contribution in [2.75, 3.05) is 32.9 Å². The predicted molar refractivity (Wildman–Crippen MR) is 86.6 cm³/mol. The van der Waals surface area contributed by atoms with Gasteiger partial charge in [0, 0.05) is 25.2 Å². The summed E-state index contributed by atoms with van der Waals surface area (Å²) in [7, 11) is 4.01. The standard InChI is InChI=1S/C15H20N4OS/c1-18-7-3-4-11(9-18)19(2)14(20)10-5-6-12-13(8-10)21-15(16)17-12/h5-6,8,11H,3-4,7,9H2,1-2H3,(H2,16,17). The minimum Gasteiger partial charge on any atom is -0.375 e. The molecule has 0 saturated carbocycles. The SMILES string of the molecule is CN1CCCC(N(C)C(=O)c2ccc3nc(N)sc3c2)C1. The Bertz CT molecular complexity index is 669. The molecule has 2 aromatic rings. The van der Waals surface area contributed by atoms with E-state index in [0.717, 1.165) is 36.1 Å². The van der Waals surface area contributed by atoms with Crippen LogP contribution >= 0.6 is 11.3 Å². The van der Waals surface area contributed by atoms with E-state index in [-0.39, 0.29) is 5.91 Å². The number of carbonyl (C=O) groups excluding carboxylic acids is 1. The summed E-state index contributed by atoms with van der Waals surface area (Å²) in [5, 5.41) is 0.539. The Kier molecular flexibility index (Phi) is 3.82. The number of fused-ring (bicyclic) bond motifs is 1. The Balaban J connectivity index is 1.81. The zero-order valence-electron chi connectivity index (χ0n) is 12.4. The van der Waals surface area contributed by atoms with E-state index < -0.39 is 0 Å². The number of nitrogens with two attached hydrogens (primary N) is 1. The van der Waals surface area contributed by atoms with E-state index in [1.54, 1.807) is 0 Å². The summed E-state index contributed by atoms with van der Waals surface area (Å²) in [6.45, 7) is 2.06. The van der Waals surface area contributed by atoms with Crippen molar-refractivity contribution in [3.63, 3.8) is 0 Å². The maximum absolute atomic E-state index is 12.7. The van der Waals surface area contributed by atoms with Crippen molar-refractivity contribution >= 4 is 32.6 Å². The van der Waals surface area contributed by atoms with Crippen molar-refractivity contribution in [1.29, 1.82) is 0 Å². The minimum absolute atomic E-state index is 0.0733. The number of anilines is 1. The number of piperidine rings is 1. The van der Waals surface area contributed by atoms with Crippen LogP contribution in [-0.2, 0) is 0 Å². The summed E-state index contributed by atoms with van der Waals surface area (Å²) < 4.78 is 0.965. The summed E-state index contributed by atoms with van der Waals surface area (Å²) in [6, 6.07) is 5.90. The fourth-order valence-corrected chi connectivity index (χ4v) is 3.67. The molecule has 2 N–H and O–H groups in total. The lowest BCUT2D eigenvalue weighted by atomic mass is 10.0. The topological polar surface area (TPSA) is 62.5 Å². The zero-order valence-corrected chi connectivity index (χ0v) is 13.2. The smallest absolute Gasteiger partial charge is 0.253 e. The highest BCUT2D eigenvalue weighted by Crippen LogP contribution is 2.25. The number of likely N-dealkylation sites (tertiary alicyclic amines) is 1. The molecule has 1 aliphatic heterocycles. The Morgan fingerprint density at radius 3 is 3.10 bits per heavy atom. The number of aromatic nitrogens is 1. The largest absolute Gasteiger partial charge is 0.375 e. The summed E-state index contributed by atoms with van der Waals surface area (Å²) in [5.41, 5.74) is 7.28. The molecule has 1 aromatic carbocycles. The number of nitrogen functional groups attached to an aromatic ring is 1. The molecule has 1 atom stereocenters. The Hall–Kier alpha value is -1.66. The van der Waals surface area contributed by atoms with Crippen LogP contribution in [0.3, 0.4) is 0 Å². The van der Waals surface area contributed by atoms with Crippen molar-refractivity contribution < 1.29 is 4.79 Å². The normalized spacial score (nSPS) is 19.8. The highest BCUT2D eigenvalue weighted by atomic mass is 32.1. The van der Waals surface area contributed by atoms with Crippen molar-refractivity contribution in [2.24, 2.45) is 0 Å². The lowest BCUT2D eigenvalue weighted by molar-refractivity contribution is 0.0644. The average Bonchev–Trinajstić information content (AvgIpc) is 2.84. The molecule has 2 heterocycles. The first-order valence-corrected chi connectivity index (χ1v) is 7.98. The average molecular weight is 304 g/mol. The van der Waals surface area contributed by atoms with Crippen molar-refractivity contribution in [3.8, 4) is 0 Å². The Morgan fingerprint density at radius 1 is 1.52 bits per heavy atom. The minimum atomic E-state index is 0.0733. The molecular formula is C15H20N4OS. The molecule has 6 heteroatoms. The fourth-order valence-electron chi connectivity index (χ4n) is 2.90.